The Kier molecular flexibility index (Phi) is 5.22. The quantitative estimate of drug-likeness (QED) is 0.415. The number of H-pyrrole nitrogens is 1. The van der Waals surface area contributed by atoms with Crippen LogP contribution in [0, 0.1) is 0 Å². The number of imidazole rings is 1. The van der Waals surface area contributed by atoms with E-state index < -0.39 is 0 Å². The number of hydrogen-bond acceptors (Lipinski definition) is 4. The normalized spacial score (nSPS) is 14.9. The van der Waals surface area contributed by atoms with Gasteiger partial charge >= 0.3 is 0 Å². The Bertz CT molecular complexity index is 1090. The molecule has 2 aromatic carbocycles. The molecule has 1 aliphatic rings. The number of aromatic amines is 1. The smallest absolute Gasteiger partial charge is 0.138 e. The van der Waals surface area contributed by atoms with Crippen LogP contribution in [0.5, 0.6) is 5.75 Å². The van der Waals surface area contributed by atoms with Crippen LogP contribution >= 0.6 is 11.8 Å². The molecule has 1 saturated carbocycles. The summed E-state index contributed by atoms with van der Waals surface area (Å²) in [7, 11) is 0. The van der Waals surface area contributed by atoms with Gasteiger partial charge in [0.15, 0.2) is 0 Å². The Balaban J connectivity index is 1.54. The lowest BCUT2D eigenvalue weighted by Gasteiger charge is -2.24. The molecule has 1 fully saturated rings. The molecule has 0 amide bonds. The standard InChI is InChI=1S/C24H23N3OS/c1-3-7-17(8-4-1)24-26-20-15-22(28-18-9-5-2-6-10-18)23(16-21(20)27-24)29-19-11-13-25-14-12-19/h1,3-4,7-8,11-16,18H,2,5-6,9-10H2,(H,26,27). The number of aromatic nitrogens is 3. The van der Waals surface area contributed by atoms with Gasteiger partial charge in [0.2, 0.25) is 0 Å². The van der Waals surface area contributed by atoms with Crippen LogP contribution in [0.2, 0.25) is 0 Å². The van der Waals surface area contributed by atoms with Crippen LogP contribution in [0.3, 0.4) is 0 Å². The summed E-state index contributed by atoms with van der Waals surface area (Å²) in [4.78, 5) is 14.7. The third-order valence-corrected chi connectivity index (χ3v) is 6.36. The van der Waals surface area contributed by atoms with E-state index in [-0.39, 0.29) is 0 Å². The van der Waals surface area contributed by atoms with Crippen molar-refractivity contribution in [2.45, 2.75) is 48.0 Å². The van der Waals surface area contributed by atoms with Crippen molar-refractivity contribution in [3.8, 4) is 17.1 Å². The third-order valence-electron chi connectivity index (χ3n) is 5.32. The second-order valence-electron chi connectivity index (χ2n) is 7.43. The van der Waals surface area contributed by atoms with Gasteiger partial charge in [0.25, 0.3) is 0 Å². The number of fused-ring (bicyclic) bond motifs is 1. The van der Waals surface area contributed by atoms with Crippen molar-refractivity contribution in [3.05, 3.63) is 67.0 Å². The predicted octanol–water partition coefficient (Wildman–Crippen LogP) is 6.49. The lowest BCUT2D eigenvalue weighted by atomic mass is 9.98. The van der Waals surface area contributed by atoms with E-state index in [1.54, 1.807) is 11.8 Å². The Morgan fingerprint density at radius 3 is 2.52 bits per heavy atom. The van der Waals surface area contributed by atoms with Gasteiger partial charge < -0.3 is 9.72 Å². The molecule has 0 atom stereocenters. The number of hydrogen-bond donors (Lipinski definition) is 1. The molecule has 1 N–H and O–H groups in total. The maximum absolute atomic E-state index is 6.50. The molecule has 4 aromatic rings. The van der Waals surface area contributed by atoms with Crippen molar-refractivity contribution in [2.75, 3.05) is 0 Å². The highest BCUT2D eigenvalue weighted by molar-refractivity contribution is 7.99. The average Bonchev–Trinajstić information content (AvgIpc) is 3.19. The minimum Gasteiger partial charge on any atom is -0.489 e. The van der Waals surface area contributed by atoms with Crippen LogP contribution in [0.4, 0.5) is 0 Å². The maximum atomic E-state index is 6.50. The van der Waals surface area contributed by atoms with Gasteiger partial charge in [-0.25, -0.2) is 4.98 Å². The van der Waals surface area contributed by atoms with E-state index in [9.17, 15) is 0 Å². The summed E-state index contributed by atoms with van der Waals surface area (Å²) in [5, 5.41) is 0. The largest absolute Gasteiger partial charge is 0.489 e. The molecule has 29 heavy (non-hydrogen) atoms. The van der Waals surface area contributed by atoms with E-state index in [0.717, 1.165) is 50.8 Å². The van der Waals surface area contributed by atoms with Gasteiger partial charge in [-0.15, -0.1) is 0 Å². The van der Waals surface area contributed by atoms with E-state index >= 15 is 0 Å². The number of ether oxygens (including phenoxy) is 1. The van der Waals surface area contributed by atoms with Crippen molar-refractivity contribution in [3.63, 3.8) is 0 Å². The van der Waals surface area contributed by atoms with Crippen molar-refractivity contribution in [2.24, 2.45) is 0 Å². The van der Waals surface area contributed by atoms with Crippen LogP contribution in [-0.4, -0.2) is 21.1 Å². The first kappa shape index (κ1) is 18.3. The number of nitrogens with one attached hydrogen (secondary N) is 1. The monoisotopic (exact) mass is 401 g/mol. The highest BCUT2D eigenvalue weighted by Crippen LogP contribution is 2.39. The molecule has 2 heterocycles. The van der Waals surface area contributed by atoms with E-state index in [2.05, 4.69) is 34.2 Å². The third kappa shape index (κ3) is 4.15. The second-order valence-corrected chi connectivity index (χ2v) is 8.55. The summed E-state index contributed by atoms with van der Waals surface area (Å²) in [6.45, 7) is 0. The van der Waals surface area contributed by atoms with Crippen LogP contribution in [-0.2, 0) is 0 Å². The van der Waals surface area contributed by atoms with E-state index in [1.807, 2.05) is 42.7 Å². The first-order valence-electron chi connectivity index (χ1n) is 10.2. The highest BCUT2D eigenvalue weighted by atomic mass is 32.2. The molecule has 0 bridgehead atoms. The molecule has 0 aliphatic heterocycles. The predicted molar refractivity (Wildman–Crippen MR) is 117 cm³/mol. The summed E-state index contributed by atoms with van der Waals surface area (Å²) in [5.41, 5.74) is 3.05. The van der Waals surface area contributed by atoms with Gasteiger partial charge in [0.1, 0.15) is 11.6 Å². The molecule has 146 valence electrons. The zero-order valence-corrected chi connectivity index (χ0v) is 17.0. The van der Waals surface area contributed by atoms with Gasteiger partial charge in [-0.05, 0) is 43.9 Å². The molecule has 5 heteroatoms. The molecule has 1 aliphatic carbocycles. The van der Waals surface area contributed by atoms with Gasteiger partial charge in [-0.2, -0.15) is 0 Å². The lowest BCUT2D eigenvalue weighted by molar-refractivity contribution is 0.151. The molecular formula is C24H23N3OS. The molecule has 0 saturated heterocycles. The van der Waals surface area contributed by atoms with E-state index in [4.69, 9.17) is 9.72 Å². The van der Waals surface area contributed by atoms with Crippen LogP contribution in [0.15, 0.2) is 76.8 Å². The fraction of sp³-hybridized carbons (Fsp3) is 0.250. The zero-order chi connectivity index (χ0) is 19.5. The van der Waals surface area contributed by atoms with Crippen LogP contribution in [0.25, 0.3) is 22.4 Å². The average molecular weight is 402 g/mol. The first-order chi connectivity index (χ1) is 14.3. The fourth-order valence-electron chi connectivity index (χ4n) is 3.82. The minimum atomic E-state index is 0.300. The summed E-state index contributed by atoms with van der Waals surface area (Å²) in [6, 6.07) is 18.5. The van der Waals surface area contributed by atoms with Crippen molar-refractivity contribution < 1.29 is 4.74 Å². The molecule has 5 rings (SSSR count). The molecule has 0 unspecified atom stereocenters. The molecule has 2 aromatic heterocycles. The zero-order valence-electron chi connectivity index (χ0n) is 16.2. The number of nitrogens with zero attached hydrogens (tertiary/aromatic N) is 2. The number of rotatable bonds is 5. The van der Waals surface area contributed by atoms with Gasteiger partial charge in [-0.1, -0.05) is 48.5 Å². The molecule has 0 radical (unpaired) electrons. The van der Waals surface area contributed by atoms with Crippen molar-refractivity contribution in [1.82, 2.24) is 15.0 Å². The second kappa shape index (κ2) is 8.29. The summed E-state index contributed by atoms with van der Waals surface area (Å²) in [5.74, 6) is 1.82. The Morgan fingerprint density at radius 2 is 1.72 bits per heavy atom. The maximum Gasteiger partial charge on any atom is 0.138 e. The van der Waals surface area contributed by atoms with Gasteiger partial charge in [0.05, 0.1) is 22.0 Å². The fourth-order valence-corrected chi connectivity index (χ4v) is 4.71. The Labute approximate surface area is 174 Å². The lowest BCUT2D eigenvalue weighted by Crippen LogP contribution is -2.19. The molecular weight excluding hydrogens is 378 g/mol. The van der Waals surface area contributed by atoms with Crippen LogP contribution in [0.1, 0.15) is 32.1 Å². The van der Waals surface area contributed by atoms with Crippen molar-refractivity contribution in [1.29, 1.82) is 0 Å². The highest BCUT2D eigenvalue weighted by Gasteiger charge is 2.19. The molecule has 4 nitrogen and oxygen atoms in total. The van der Waals surface area contributed by atoms with E-state index in [0.29, 0.717) is 6.10 Å². The van der Waals surface area contributed by atoms with Gasteiger partial charge in [0, 0.05) is 28.9 Å². The number of benzene rings is 2. The Morgan fingerprint density at radius 1 is 0.931 bits per heavy atom. The summed E-state index contributed by atoms with van der Waals surface area (Å²) >= 11 is 1.70. The molecule has 0 spiro atoms. The van der Waals surface area contributed by atoms with E-state index in [1.165, 1.54) is 19.3 Å². The topological polar surface area (TPSA) is 50.8 Å². The Hall–Kier alpha value is -2.79. The minimum absolute atomic E-state index is 0.300. The summed E-state index contributed by atoms with van der Waals surface area (Å²) < 4.78 is 6.50. The van der Waals surface area contributed by atoms with Crippen molar-refractivity contribution >= 4 is 22.8 Å². The number of pyridine rings is 1. The summed E-state index contributed by atoms with van der Waals surface area (Å²) in [6.07, 6.45) is 10.0. The SMILES string of the molecule is c1ccc(-c2nc3cc(Sc4ccncc4)c(OC4CCCCC4)cc3[nH]2)cc1. The van der Waals surface area contributed by atoms with Gasteiger partial charge in [-0.3, -0.25) is 4.98 Å². The first-order valence-corrected chi connectivity index (χ1v) is 11.0. The van der Waals surface area contributed by atoms with Crippen LogP contribution < -0.4 is 4.74 Å².